The molecule has 0 spiro atoms. The molecular formula is C34H41F3N6OS. The van der Waals surface area contributed by atoms with Crippen molar-refractivity contribution >= 4 is 23.2 Å². The third-order valence-electron chi connectivity index (χ3n) is 8.57. The summed E-state index contributed by atoms with van der Waals surface area (Å²) in [5.41, 5.74) is 1.73. The fourth-order valence-electron chi connectivity index (χ4n) is 5.70. The Morgan fingerprint density at radius 1 is 1.16 bits per heavy atom. The zero-order chi connectivity index (χ0) is 32.4. The summed E-state index contributed by atoms with van der Waals surface area (Å²) in [5.74, 6) is -0.168. The van der Waals surface area contributed by atoms with Gasteiger partial charge in [-0.05, 0) is 60.3 Å². The third-order valence-corrected chi connectivity index (χ3v) is 8.95. The maximum atomic E-state index is 13.9. The van der Waals surface area contributed by atoms with Crippen molar-refractivity contribution in [3.8, 4) is 6.07 Å². The molecule has 2 aromatic carbocycles. The van der Waals surface area contributed by atoms with E-state index in [1.165, 1.54) is 18.6 Å². The van der Waals surface area contributed by atoms with Crippen molar-refractivity contribution in [2.75, 3.05) is 6.54 Å². The zero-order valence-corrected chi connectivity index (χ0v) is 26.6. The van der Waals surface area contributed by atoms with Crippen molar-refractivity contribution in [1.29, 1.82) is 5.26 Å². The smallest absolute Gasteiger partial charge is 0.360 e. The van der Waals surface area contributed by atoms with Crippen LogP contribution in [0.2, 0.25) is 0 Å². The summed E-state index contributed by atoms with van der Waals surface area (Å²) in [5, 5.41) is 16.1. The molecule has 0 radical (unpaired) electrons. The summed E-state index contributed by atoms with van der Waals surface area (Å²) in [7, 11) is 0. The van der Waals surface area contributed by atoms with E-state index in [4.69, 9.17) is 17.5 Å². The molecule has 4 rings (SSSR count). The number of nitrogens with one attached hydrogen (secondary N) is 2. The molecule has 1 aliphatic carbocycles. The van der Waals surface area contributed by atoms with Gasteiger partial charge in [-0.25, -0.2) is 4.98 Å². The second-order valence-electron chi connectivity index (χ2n) is 11.9. The van der Waals surface area contributed by atoms with E-state index in [0.717, 1.165) is 49.4 Å². The van der Waals surface area contributed by atoms with Crippen LogP contribution in [0, 0.1) is 17.2 Å². The Balaban J connectivity index is 1.51. The van der Waals surface area contributed by atoms with Crippen LogP contribution in [0.25, 0.3) is 0 Å². The van der Waals surface area contributed by atoms with Crippen molar-refractivity contribution in [3.63, 3.8) is 0 Å². The molecular weight excluding hydrogens is 597 g/mol. The van der Waals surface area contributed by atoms with E-state index < -0.39 is 11.7 Å². The molecule has 0 bridgehead atoms. The molecule has 0 saturated heterocycles. The van der Waals surface area contributed by atoms with Gasteiger partial charge >= 0.3 is 6.18 Å². The van der Waals surface area contributed by atoms with Crippen LogP contribution < -0.4 is 10.6 Å². The lowest BCUT2D eigenvalue weighted by Gasteiger charge is -2.35. The third kappa shape index (κ3) is 9.79. The second-order valence-corrected chi connectivity index (χ2v) is 12.3. The number of nitriles is 1. The Morgan fingerprint density at radius 3 is 2.53 bits per heavy atom. The van der Waals surface area contributed by atoms with Crippen molar-refractivity contribution in [3.05, 3.63) is 89.0 Å². The number of halogens is 3. The highest BCUT2D eigenvalue weighted by molar-refractivity contribution is 7.80. The topological polar surface area (TPSA) is 86.0 Å². The van der Waals surface area contributed by atoms with E-state index in [0.29, 0.717) is 17.2 Å². The van der Waals surface area contributed by atoms with Crippen molar-refractivity contribution < 1.29 is 18.0 Å². The van der Waals surface area contributed by atoms with Gasteiger partial charge in [-0.15, -0.1) is 0 Å². The van der Waals surface area contributed by atoms with E-state index in [1.54, 1.807) is 35.6 Å². The Labute approximate surface area is 268 Å². The van der Waals surface area contributed by atoms with Crippen LogP contribution >= 0.6 is 12.2 Å². The SMILES string of the molecule is CC[C@H](C)[C@@H](CN(Cc1ccccc1C(F)(F)F)C(=S)NC1CCCCC1)NC(=O)Cc1cncn1Cc1ccc(C#N)cc1. The lowest BCUT2D eigenvalue weighted by Crippen LogP contribution is -2.52. The predicted octanol–water partition coefficient (Wildman–Crippen LogP) is 6.60. The van der Waals surface area contributed by atoms with Crippen LogP contribution in [-0.2, 0) is 30.5 Å². The van der Waals surface area contributed by atoms with Crippen LogP contribution in [0.5, 0.6) is 0 Å². The minimum Gasteiger partial charge on any atom is -0.360 e. The maximum absolute atomic E-state index is 13.9. The van der Waals surface area contributed by atoms with Crippen molar-refractivity contribution in [2.24, 2.45) is 5.92 Å². The minimum atomic E-state index is -4.49. The Hall–Kier alpha value is -3.91. The molecule has 1 fully saturated rings. The van der Waals surface area contributed by atoms with Crippen LogP contribution in [0.4, 0.5) is 13.2 Å². The van der Waals surface area contributed by atoms with Crippen LogP contribution in [-0.4, -0.2) is 44.1 Å². The highest BCUT2D eigenvalue weighted by atomic mass is 32.1. The van der Waals surface area contributed by atoms with Gasteiger partial charge in [0.15, 0.2) is 5.11 Å². The average Bonchev–Trinajstić information content (AvgIpc) is 3.46. The molecule has 0 aliphatic heterocycles. The molecule has 1 saturated carbocycles. The largest absolute Gasteiger partial charge is 0.416 e. The lowest BCUT2D eigenvalue weighted by atomic mass is 9.95. The number of aromatic nitrogens is 2. The number of amides is 1. The summed E-state index contributed by atoms with van der Waals surface area (Å²) in [6.45, 7) is 4.78. The van der Waals surface area contributed by atoms with Gasteiger partial charge in [-0.1, -0.05) is 69.9 Å². The summed E-state index contributed by atoms with van der Waals surface area (Å²) in [4.78, 5) is 19.5. The summed E-state index contributed by atoms with van der Waals surface area (Å²) in [6, 6.07) is 14.8. The number of thiocarbonyl (C=S) groups is 1. The second kappa shape index (κ2) is 15.9. The van der Waals surface area contributed by atoms with Gasteiger partial charge in [-0.2, -0.15) is 18.4 Å². The van der Waals surface area contributed by atoms with E-state index in [1.807, 2.05) is 30.5 Å². The molecule has 7 nitrogen and oxygen atoms in total. The van der Waals surface area contributed by atoms with Gasteiger partial charge in [0, 0.05) is 43.6 Å². The predicted molar refractivity (Wildman–Crippen MR) is 172 cm³/mol. The van der Waals surface area contributed by atoms with Crippen molar-refractivity contribution in [1.82, 2.24) is 25.1 Å². The molecule has 3 aromatic rings. The van der Waals surface area contributed by atoms with Gasteiger partial charge in [0.25, 0.3) is 0 Å². The molecule has 1 aromatic heterocycles. The molecule has 1 aliphatic rings. The Kier molecular flexibility index (Phi) is 12.0. The van der Waals surface area contributed by atoms with Crippen molar-refractivity contribution in [2.45, 2.75) is 90.1 Å². The molecule has 2 N–H and O–H groups in total. The first-order chi connectivity index (χ1) is 21.6. The number of benzene rings is 2. The van der Waals surface area contributed by atoms with Gasteiger partial charge < -0.3 is 20.1 Å². The lowest BCUT2D eigenvalue weighted by molar-refractivity contribution is -0.138. The summed E-state index contributed by atoms with van der Waals surface area (Å²) < 4.78 is 43.7. The Morgan fingerprint density at radius 2 is 1.87 bits per heavy atom. The number of imidazole rings is 1. The molecule has 11 heteroatoms. The quantitative estimate of drug-likeness (QED) is 0.218. The van der Waals surface area contributed by atoms with Gasteiger partial charge in [0.2, 0.25) is 5.91 Å². The first-order valence-corrected chi connectivity index (χ1v) is 16.0. The number of rotatable bonds is 12. The zero-order valence-electron chi connectivity index (χ0n) is 25.8. The molecule has 0 unspecified atom stereocenters. The number of hydrogen-bond donors (Lipinski definition) is 2. The van der Waals surface area contributed by atoms with E-state index in [9.17, 15) is 18.0 Å². The van der Waals surface area contributed by atoms with Crippen LogP contribution in [0.3, 0.4) is 0 Å². The van der Waals surface area contributed by atoms with E-state index >= 15 is 0 Å². The number of carbonyl (C=O) groups excluding carboxylic acids is 1. The number of hydrogen-bond acceptors (Lipinski definition) is 4. The number of carbonyl (C=O) groups is 1. The summed E-state index contributed by atoms with van der Waals surface area (Å²) in [6.07, 6.45) is 4.96. The Bertz CT molecular complexity index is 1460. The van der Waals surface area contributed by atoms with E-state index in [-0.39, 0.29) is 49.0 Å². The molecule has 2 atom stereocenters. The normalized spacial score (nSPS) is 15.1. The molecule has 240 valence electrons. The fourth-order valence-corrected chi connectivity index (χ4v) is 6.01. The monoisotopic (exact) mass is 638 g/mol. The minimum absolute atomic E-state index is 0.0333. The fraction of sp³-hybridized carbons (Fsp3) is 0.471. The number of alkyl halides is 3. The van der Waals surface area contributed by atoms with Gasteiger partial charge in [0.05, 0.1) is 29.9 Å². The van der Waals surface area contributed by atoms with Crippen LogP contribution in [0.15, 0.2) is 61.1 Å². The first-order valence-electron chi connectivity index (χ1n) is 15.5. The molecule has 45 heavy (non-hydrogen) atoms. The summed E-state index contributed by atoms with van der Waals surface area (Å²) >= 11 is 5.83. The van der Waals surface area contributed by atoms with Crippen LogP contribution in [0.1, 0.15) is 80.3 Å². The van der Waals surface area contributed by atoms with Gasteiger partial charge in [0.1, 0.15) is 0 Å². The number of nitrogens with zero attached hydrogens (tertiary/aromatic N) is 4. The highest BCUT2D eigenvalue weighted by Gasteiger charge is 2.34. The maximum Gasteiger partial charge on any atom is 0.416 e. The first kappa shape index (κ1) is 34.0. The molecule has 1 amide bonds. The van der Waals surface area contributed by atoms with Gasteiger partial charge in [-0.3, -0.25) is 4.79 Å². The van der Waals surface area contributed by atoms with E-state index in [2.05, 4.69) is 21.7 Å². The molecule has 1 heterocycles. The highest BCUT2D eigenvalue weighted by Crippen LogP contribution is 2.32. The standard InChI is InChI=1S/C34H41F3N6OS/c1-3-24(2)31(41-32(44)17-29-19-39-23-43(29)20-26-15-13-25(18-38)14-16-26)22-42(33(45)40-28-10-5-4-6-11-28)21-27-9-7-8-12-30(27)34(35,36)37/h7-9,12-16,19,23-24,28,31H,3-6,10-11,17,20-22H2,1-2H3,(H,40,45)(H,41,44)/t24-,31+/m0/s1. The average molecular weight is 639 g/mol.